The Balaban J connectivity index is 2.48. The number of halogens is 2. The molecule has 1 atom stereocenters. The summed E-state index contributed by atoms with van der Waals surface area (Å²) in [7, 11) is 0. The van der Waals surface area contributed by atoms with Gasteiger partial charge < -0.3 is 10.8 Å². The molecule has 0 aromatic heterocycles. The molecule has 3 N–H and O–H groups in total. The minimum atomic E-state index is -0.553. The van der Waals surface area contributed by atoms with E-state index in [1.54, 1.807) is 0 Å². The van der Waals surface area contributed by atoms with Gasteiger partial charge in [0.2, 0.25) is 0 Å². The molecule has 0 aliphatic rings. The van der Waals surface area contributed by atoms with Gasteiger partial charge in [0.05, 0.1) is 10.5 Å². The molecule has 0 aliphatic carbocycles. The number of phenols is 1. The van der Waals surface area contributed by atoms with Gasteiger partial charge in [-0.1, -0.05) is 30.3 Å². The largest absolute Gasteiger partial charge is 0.506 e. The van der Waals surface area contributed by atoms with Crippen LogP contribution in [0.15, 0.2) is 46.9 Å². The SMILES string of the molecule is NC(c1ccccc1)c1cc(F)cc(Br)c1O. The van der Waals surface area contributed by atoms with Crippen molar-refractivity contribution in [3.05, 3.63) is 63.9 Å². The molecular weight excluding hydrogens is 285 g/mol. The van der Waals surface area contributed by atoms with Gasteiger partial charge in [-0.15, -0.1) is 0 Å². The number of phenolic OH excluding ortho intramolecular Hbond substituents is 1. The fourth-order valence-electron chi connectivity index (χ4n) is 1.66. The number of rotatable bonds is 2. The highest BCUT2D eigenvalue weighted by molar-refractivity contribution is 9.10. The van der Waals surface area contributed by atoms with Crippen LogP contribution in [0.2, 0.25) is 0 Å². The Kier molecular flexibility index (Phi) is 3.45. The second-order valence-electron chi connectivity index (χ2n) is 3.71. The summed E-state index contributed by atoms with van der Waals surface area (Å²) in [6.45, 7) is 0. The third kappa shape index (κ3) is 2.48. The van der Waals surface area contributed by atoms with E-state index in [2.05, 4.69) is 15.9 Å². The Morgan fingerprint density at radius 3 is 2.47 bits per heavy atom. The maximum absolute atomic E-state index is 13.3. The van der Waals surface area contributed by atoms with Crippen LogP contribution in [0.1, 0.15) is 17.2 Å². The molecule has 17 heavy (non-hydrogen) atoms. The van der Waals surface area contributed by atoms with Crippen molar-refractivity contribution in [3.63, 3.8) is 0 Å². The van der Waals surface area contributed by atoms with Crippen LogP contribution in [0.25, 0.3) is 0 Å². The van der Waals surface area contributed by atoms with Crippen molar-refractivity contribution >= 4 is 15.9 Å². The zero-order valence-electron chi connectivity index (χ0n) is 8.90. The van der Waals surface area contributed by atoms with Gasteiger partial charge in [-0.05, 0) is 33.6 Å². The minimum Gasteiger partial charge on any atom is -0.506 e. The van der Waals surface area contributed by atoms with E-state index in [0.717, 1.165) is 5.56 Å². The van der Waals surface area contributed by atoms with Crippen LogP contribution in [0.5, 0.6) is 5.75 Å². The first kappa shape index (κ1) is 12.1. The molecule has 2 aromatic carbocycles. The normalized spacial score (nSPS) is 12.4. The molecule has 2 aromatic rings. The second kappa shape index (κ2) is 4.85. The highest BCUT2D eigenvalue weighted by atomic mass is 79.9. The van der Waals surface area contributed by atoms with Gasteiger partial charge in [0.1, 0.15) is 11.6 Å². The fourth-order valence-corrected chi connectivity index (χ4v) is 2.11. The van der Waals surface area contributed by atoms with E-state index >= 15 is 0 Å². The van der Waals surface area contributed by atoms with Crippen molar-refractivity contribution in [2.24, 2.45) is 5.73 Å². The van der Waals surface area contributed by atoms with Crippen LogP contribution < -0.4 is 5.73 Å². The molecule has 1 unspecified atom stereocenters. The van der Waals surface area contributed by atoms with Crippen molar-refractivity contribution in [1.29, 1.82) is 0 Å². The van der Waals surface area contributed by atoms with Crippen LogP contribution in [0.3, 0.4) is 0 Å². The number of aromatic hydroxyl groups is 1. The molecule has 0 aliphatic heterocycles. The number of nitrogens with two attached hydrogens (primary N) is 1. The van der Waals surface area contributed by atoms with Gasteiger partial charge >= 0.3 is 0 Å². The smallest absolute Gasteiger partial charge is 0.135 e. The van der Waals surface area contributed by atoms with Crippen molar-refractivity contribution < 1.29 is 9.50 Å². The standard InChI is InChI=1S/C13H11BrFNO/c14-11-7-9(15)6-10(13(11)17)12(16)8-4-2-1-3-5-8/h1-7,12,17H,16H2. The summed E-state index contributed by atoms with van der Waals surface area (Å²) < 4.78 is 13.6. The van der Waals surface area contributed by atoms with Crippen molar-refractivity contribution in [2.45, 2.75) is 6.04 Å². The lowest BCUT2D eigenvalue weighted by atomic mass is 9.99. The van der Waals surface area contributed by atoms with E-state index in [0.29, 0.717) is 10.0 Å². The number of hydrogen-bond acceptors (Lipinski definition) is 2. The average molecular weight is 296 g/mol. The predicted molar refractivity (Wildman–Crippen MR) is 68.2 cm³/mol. The molecule has 0 bridgehead atoms. The Labute approximate surface area is 107 Å². The van der Waals surface area contributed by atoms with Crippen LogP contribution in [-0.4, -0.2) is 5.11 Å². The van der Waals surface area contributed by atoms with E-state index < -0.39 is 11.9 Å². The maximum atomic E-state index is 13.3. The highest BCUT2D eigenvalue weighted by Crippen LogP contribution is 2.34. The summed E-state index contributed by atoms with van der Waals surface area (Å²) in [5.74, 6) is -0.459. The van der Waals surface area contributed by atoms with E-state index in [4.69, 9.17) is 5.73 Å². The molecule has 0 amide bonds. The van der Waals surface area contributed by atoms with Gasteiger partial charge in [0, 0.05) is 5.56 Å². The van der Waals surface area contributed by atoms with E-state index in [9.17, 15) is 9.50 Å². The summed E-state index contributed by atoms with van der Waals surface area (Å²) in [4.78, 5) is 0. The number of benzene rings is 2. The summed E-state index contributed by atoms with van der Waals surface area (Å²) in [6, 6.07) is 11.1. The summed E-state index contributed by atoms with van der Waals surface area (Å²) in [5, 5.41) is 9.86. The zero-order valence-corrected chi connectivity index (χ0v) is 10.5. The van der Waals surface area contributed by atoms with Gasteiger partial charge in [0.15, 0.2) is 0 Å². The lowest BCUT2D eigenvalue weighted by Gasteiger charge is -2.15. The lowest BCUT2D eigenvalue weighted by molar-refractivity contribution is 0.458. The van der Waals surface area contributed by atoms with Gasteiger partial charge in [-0.3, -0.25) is 0 Å². The van der Waals surface area contributed by atoms with Crippen molar-refractivity contribution in [2.75, 3.05) is 0 Å². The molecule has 0 fully saturated rings. The molecule has 0 saturated carbocycles. The van der Waals surface area contributed by atoms with Crippen LogP contribution in [0.4, 0.5) is 4.39 Å². The van der Waals surface area contributed by atoms with Gasteiger partial charge in [-0.25, -0.2) is 4.39 Å². The molecule has 0 radical (unpaired) electrons. The summed E-state index contributed by atoms with van der Waals surface area (Å²) >= 11 is 3.09. The zero-order chi connectivity index (χ0) is 12.4. The highest BCUT2D eigenvalue weighted by Gasteiger charge is 2.16. The van der Waals surface area contributed by atoms with Crippen molar-refractivity contribution in [1.82, 2.24) is 0 Å². The summed E-state index contributed by atoms with van der Waals surface area (Å²) in [6.07, 6.45) is 0. The molecule has 4 heteroatoms. The van der Waals surface area contributed by atoms with E-state index in [1.807, 2.05) is 30.3 Å². The molecule has 2 nitrogen and oxygen atoms in total. The Hall–Kier alpha value is -1.39. The second-order valence-corrected chi connectivity index (χ2v) is 4.57. The predicted octanol–water partition coefficient (Wildman–Crippen LogP) is 3.34. The average Bonchev–Trinajstić information content (AvgIpc) is 2.34. The monoisotopic (exact) mass is 295 g/mol. The minimum absolute atomic E-state index is 0.0252. The van der Waals surface area contributed by atoms with Gasteiger partial charge in [-0.2, -0.15) is 0 Å². The van der Waals surface area contributed by atoms with E-state index in [-0.39, 0.29) is 5.75 Å². The van der Waals surface area contributed by atoms with Crippen LogP contribution in [-0.2, 0) is 0 Å². The summed E-state index contributed by atoms with van der Waals surface area (Å²) in [5.41, 5.74) is 7.19. The molecule has 0 heterocycles. The first-order valence-corrected chi connectivity index (χ1v) is 5.87. The van der Waals surface area contributed by atoms with Gasteiger partial charge in [0.25, 0.3) is 0 Å². The lowest BCUT2D eigenvalue weighted by Crippen LogP contribution is -2.12. The third-order valence-corrected chi connectivity index (χ3v) is 3.16. The molecule has 0 spiro atoms. The fraction of sp³-hybridized carbons (Fsp3) is 0.0769. The quantitative estimate of drug-likeness (QED) is 0.892. The first-order chi connectivity index (χ1) is 8.09. The Morgan fingerprint density at radius 2 is 1.82 bits per heavy atom. The van der Waals surface area contributed by atoms with Crippen LogP contribution in [0, 0.1) is 5.82 Å². The Morgan fingerprint density at radius 1 is 1.18 bits per heavy atom. The maximum Gasteiger partial charge on any atom is 0.135 e. The Bertz CT molecular complexity index is 530. The molecule has 2 rings (SSSR count). The van der Waals surface area contributed by atoms with Crippen LogP contribution >= 0.6 is 15.9 Å². The topological polar surface area (TPSA) is 46.2 Å². The molecular formula is C13H11BrFNO. The number of hydrogen-bond donors (Lipinski definition) is 2. The van der Waals surface area contributed by atoms with E-state index in [1.165, 1.54) is 12.1 Å². The molecule has 0 saturated heterocycles. The van der Waals surface area contributed by atoms with Crippen molar-refractivity contribution in [3.8, 4) is 5.75 Å². The first-order valence-electron chi connectivity index (χ1n) is 5.08. The molecule has 88 valence electrons. The third-order valence-electron chi connectivity index (χ3n) is 2.55.